The van der Waals surface area contributed by atoms with E-state index in [0.29, 0.717) is 23.5 Å². The van der Waals surface area contributed by atoms with Crippen molar-refractivity contribution >= 4 is 28.6 Å². The monoisotopic (exact) mass is 386 g/mol. The van der Waals surface area contributed by atoms with Crippen molar-refractivity contribution in [3.8, 4) is 11.3 Å². The van der Waals surface area contributed by atoms with Gasteiger partial charge in [0.15, 0.2) is 0 Å². The van der Waals surface area contributed by atoms with Crippen LogP contribution in [-0.4, -0.2) is 28.1 Å². The van der Waals surface area contributed by atoms with Gasteiger partial charge < -0.3 is 14.4 Å². The first-order chi connectivity index (χ1) is 14.2. The maximum atomic E-state index is 12.7. The fourth-order valence-electron chi connectivity index (χ4n) is 3.62. The van der Waals surface area contributed by atoms with Gasteiger partial charge in [-0.2, -0.15) is 0 Å². The van der Waals surface area contributed by atoms with Crippen molar-refractivity contribution in [2.75, 3.05) is 11.9 Å². The molecule has 0 unspecified atom stereocenters. The van der Waals surface area contributed by atoms with Gasteiger partial charge in [-0.25, -0.2) is 0 Å². The Bertz CT molecular complexity index is 1220. The normalized spacial score (nSPS) is 13.6. The second kappa shape index (κ2) is 6.94. The van der Waals surface area contributed by atoms with E-state index in [9.17, 15) is 9.59 Å². The topological polar surface area (TPSA) is 89.2 Å². The van der Waals surface area contributed by atoms with E-state index in [1.807, 2.05) is 47.0 Å². The van der Waals surface area contributed by atoms with Gasteiger partial charge in [-0.15, -0.1) is 0 Å². The van der Waals surface area contributed by atoms with Crippen LogP contribution in [0.3, 0.4) is 0 Å². The Morgan fingerprint density at radius 1 is 1.10 bits per heavy atom. The van der Waals surface area contributed by atoms with Crippen LogP contribution in [0, 0.1) is 0 Å². The zero-order valence-electron chi connectivity index (χ0n) is 15.5. The van der Waals surface area contributed by atoms with Crippen LogP contribution in [0.4, 0.5) is 5.88 Å². The van der Waals surface area contributed by atoms with Crippen LogP contribution in [0.15, 0.2) is 65.2 Å². The number of carbonyl (C=O) groups is 2. The molecule has 0 saturated carbocycles. The number of carbonyl (C=O) groups excluding carboxylic acids is 2. The third-order valence-electron chi connectivity index (χ3n) is 5.06. The molecule has 7 nitrogen and oxygen atoms in total. The number of aryl methyl sites for hydroxylation is 1. The van der Waals surface area contributed by atoms with Crippen molar-refractivity contribution in [3.63, 3.8) is 0 Å². The van der Waals surface area contributed by atoms with Gasteiger partial charge >= 0.3 is 0 Å². The van der Waals surface area contributed by atoms with Crippen LogP contribution in [-0.2, 0) is 6.54 Å². The summed E-state index contributed by atoms with van der Waals surface area (Å²) in [5, 5.41) is 10.6. The second-order valence-corrected chi connectivity index (χ2v) is 6.96. The molecule has 0 saturated heterocycles. The minimum absolute atomic E-state index is 0.0835. The summed E-state index contributed by atoms with van der Waals surface area (Å²) in [4.78, 5) is 25.0. The van der Waals surface area contributed by atoms with Crippen LogP contribution in [0.2, 0.25) is 0 Å². The Kier molecular flexibility index (Phi) is 4.13. The lowest BCUT2D eigenvalue weighted by Gasteiger charge is -2.06. The molecule has 0 aliphatic carbocycles. The fourth-order valence-corrected chi connectivity index (χ4v) is 3.62. The molecule has 2 amide bonds. The zero-order valence-corrected chi connectivity index (χ0v) is 15.5. The van der Waals surface area contributed by atoms with E-state index in [1.54, 1.807) is 18.2 Å². The summed E-state index contributed by atoms with van der Waals surface area (Å²) in [5.74, 6) is -0.0987. The summed E-state index contributed by atoms with van der Waals surface area (Å²) in [6.45, 7) is 1.38. The van der Waals surface area contributed by atoms with E-state index < -0.39 is 0 Å². The zero-order chi connectivity index (χ0) is 19.8. The third-order valence-corrected chi connectivity index (χ3v) is 5.06. The van der Waals surface area contributed by atoms with Gasteiger partial charge in [-0.3, -0.25) is 14.9 Å². The maximum absolute atomic E-state index is 12.7. The van der Waals surface area contributed by atoms with Crippen molar-refractivity contribution in [2.45, 2.75) is 13.0 Å². The molecule has 2 aromatic carbocycles. The molecule has 0 bridgehead atoms. The molecule has 2 aromatic heterocycles. The van der Waals surface area contributed by atoms with Gasteiger partial charge in [-0.05, 0) is 24.6 Å². The van der Waals surface area contributed by atoms with E-state index in [0.717, 1.165) is 29.4 Å². The molecule has 0 fully saturated rings. The summed E-state index contributed by atoms with van der Waals surface area (Å²) in [6, 6.07) is 18.6. The van der Waals surface area contributed by atoms with Gasteiger partial charge in [0.2, 0.25) is 5.88 Å². The van der Waals surface area contributed by atoms with Crippen molar-refractivity contribution in [1.29, 1.82) is 0 Å². The average Bonchev–Trinajstić information content (AvgIpc) is 3.31. The van der Waals surface area contributed by atoms with E-state index >= 15 is 0 Å². The van der Waals surface area contributed by atoms with E-state index in [2.05, 4.69) is 15.8 Å². The van der Waals surface area contributed by atoms with Crippen LogP contribution in [0.25, 0.3) is 22.2 Å². The number of nitrogens with zero attached hydrogens (tertiary/aromatic N) is 2. The molecule has 4 aromatic rings. The molecule has 5 rings (SSSR count). The highest BCUT2D eigenvalue weighted by atomic mass is 16.5. The molecule has 1 aliphatic rings. The molecule has 3 heterocycles. The van der Waals surface area contributed by atoms with Crippen LogP contribution in [0.1, 0.15) is 27.3 Å². The molecule has 7 heteroatoms. The Balaban J connectivity index is 1.42. The van der Waals surface area contributed by atoms with Crippen molar-refractivity contribution in [2.24, 2.45) is 0 Å². The summed E-state index contributed by atoms with van der Waals surface area (Å²) >= 11 is 0. The molecule has 0 radical (unpaired) electrons. The number of aromatic nitrogens is 2. The van der Waals surface area contributed by atoms with E-state index in [-0.39, 0.29) is 17.7 Å². The van der Waals surface area contributed by atoms with Crippen LogP contribution >= 0.6 is 0 Å². The Morgan fingerprint density at radius 3 is 2.83 bits per heavy atom. The molecule has 0 spiro atoms. The fraction of sp³-hybridized carbons (Fsp3) is 0.136. The standard InChI is InChI=1S/C22H18N4O3/c27-21(24-20-13-17(25-29-20)14-5-2-1-3-6-14)16-8-7-15-11-19-22(28)23-9-4-10-26(19)18(15)12-16/h1-3,5-8,11-13H,4,9-10H2,(H,23,28)(H,24,27). The summed E-state index contributed by atoms with van der Waals surface area (Å²) in [7, 11) is 0. The van der Waals surface area contributed by atoms with E-state index in [4.69, 9.17) is 4.52 Å². The SMILES string of the molecule is O=C(Nc1cc(-c2ccccc2)no1)c1ccc2cc3n(c2c1)CCCNC3=O. The number of benzene rings is 2. The predicted molar refractivity (Wildman–Crippen MR) is 109 cm³/mol. The molecular weight excluding hydrogens is 368 g/mol. The lowest BCUT2D eigenvalue weighted by atomic mass is 10.1. The van der Waals surface area contributed by atoms with Crippen molar-refractivity contribution < 1.29 is 14.1 Å². The van der Waals surface area contributed by atoms with Gasteiger partial charge in [0.05, 0.1) is 0 Å². The number of hydrogen-bond acceptors (Lipinski definition) is 4. The quantitative estimate of drug-likeness (QED) is 0.562. The number of amides is 2. The largest absolute Gasteiger partial charge is 0.351 e. The third kappa shape index (κ3) is 3.16. The Morgan fingerprint density at radius 2 is 1.97 bits per heavy atom. The summed E-state index contributed by atoms with van der Waals surface area (Å²) in [5.41, 5.74) is 3.54. The minimum Gasteiger partial charge on any atom is -0.351 e. The van der Waals surface area contributed by atoms with Crippen molar-refractivity contribution in [3.05, 3.63) is 71.9 Å². The molecule has 0 atom stereocenters. The highest BCUT2D eigenvalue weighted by Gasteiger charge is 2.19. The number of anilines is 1. The summed E-state index contributed by atoms with van der Waals surface area (Å²) < 4.78 is 7.23. The Hall–Kier alpha value is -3.87. The van der Waals surface area contributed by atoms with Gasteiger partial charge in [0.25, 0.3) is 11.8 Å². The first-order valence-corrected chi connectivity index (χ1v) is 9.44. The second-order valence-electron chi connectivity index (χ2n) is 6.96. The molecule has 29 heavy (non-hydrogen) atoms. The number of nitrogens with one attached hydrogen (secondary N) is 2. The molecule has 144 valence electrons. The number of fused-ring (bicyclic) bond motifs is 3. The highest BCUT2D eigenvalue weighted by Crippen LogP contribution is 2.25. The smallest absolute Gasteiger partial charge is 0.267 e. The average molecular weight is 386 g/mol. The lowest BCUT2D eigenvalue weighted by Crippen LogP contribution is -2.22. The maximum Gasteiger partial charge on any atom is 0.267 e. The molecule has 2 N–H and O–H groups in total. The van der Waals surface area contributed by atoms with Gasteiger partial charge in [-0.1, -0.05) is 41.6 Å². The minimum atomic E-state index is -0.295. The lowest BCUT2D eigenvalue weighted by molar-refractivity contribution is 0.0950. The first-order valence-electron chi connectivity index (χ1n) is 9.44. The molecule has 1 aliphatic heterocycles. The number of rotatable bonds is 3. The predicted octanol–water partition coefficient (Wildman–Crippen LogP) is 3.68. The Labute approximate surface area is 166 Å². The number of hydrogen-bond donors (Lipinski definition) is 2. The highest BCUT2D eigenvalue weighted by molar-refractivity contribution is 6.07. The van der Waals surface area contributed by atoms with Crippen LogP contribution < -0.4 is 10.6 Å². The summed E-state index contributed by atoms with van der Waals surface area (Å²) in [6.07, 6.45) is 0.846. The van der Waals surface area contributed by atoms with Gasteiger partial charge in [0, 0.05) is 41.2 Å². The van der Waals surface area contributed by atoms with Gasteiger partial charge in [0.1, 0.15) is 11.4 Å². The van der Waals surface area contributed by atoms with Crippen LogP contribution in [0.5, 0.6) is 0 Å². The molecular formula is C22H18N4O3. The first kappa shape index (κ1) is 17.2. The van der Waals surface area contributed by atoms with Crippen molar-refractivity contribution in [1.82, 2.24) is 15.0 Å². The van der Waals surface area contributed by atoms with E-state index in [1.165, 1.54) is 0 Å².